The molecule has 0 bridgehead atoms. The molecule has 0 heterocycles. The summed E-state index contributed by atoms with van der Waals surface area (Å²) in [5, 5.41) is 1.55. The van der Waals surface area contributed by atoms with Crippen molar-refractivity contribution in [3.05, 3.63) is 64.5 Å². The summed E-state index contributed by atoms with van der Waals surface area (Å²) in [6.45, 7) is -2.93. The van der Waals surface area contributed by atoms with Gasteiger partial charge in [-0.3, -0.25) is 4.72 Å². The Morgan fingerprint density at radius 3 is 2.22 bits per heavy atom. The van der Waals surface area contributed by atoms with Gasteiger partial charge in [0.05, 0.1) is 5.41 Å². The molecular formula is C15H12ClF2NO3S. The summed E-state index contributed by atoms with van der Waals surface area (Å²) >= 11 is 5.74. The zero-order valence-corrected chi connectivity index (χ0v) is 13.2. The molecule has 0 saturated carbocycles. The average Bonchev–Trinajstić information content (AvgIpc) is 2.48. The molecule has 0 aliphatic carbocycles. The van der Waals surface area contributed by atoms with Gasteiger partial charge in [0.15, 0.2) is 0 Å². The predicted octanol–water partition coefficient (Wildman–Crippen LogP) is 4.35. The number of ether oxygens (including phenoxy) is 1. The zero-order chi connectivity index (χ0) is 16.9. The van der Waals surface area contributed by atoms with Gasteiger partial charge in [-0.05, 0) is 48.0 Å². The van der Waals surface area contributed by atoms with Crippen LogP contribution in [0.15, 0.2) is 53.9 Å². The highest BCUT2D eigenvalue weighted by atomic mass is 35.5. The highest BCUT2D eigenvalue weighted by molar-refractivity contribution is 7.95. The van der Waals surface area contributed by atoms with E-state index in [4.69, 9.17) is 11.6 Å². The van der Waals surface area contributed by atoms with Gasteiger partial charge in [-0.1, -0.05) is 23.7 Å². The van der Waals surface area contributed by atoms with E-state index in [2.05, 4.69) is 9.46 Å². The Labute approximate surface area is 137 Å². The first-order chi connectivity index (χ1) is 10.8. The molecule has 1 N–H and O–H groups in total. The molecule has 0 aliphatic rings. The quantitative estimate of drug-likeness (QED) is 0.834. The van der Waals surface area contributed by atoms with Crippen molar-refractivity contribution in [2.24, 2.45) is 0 Å². The average molecular weight is 360 g/mol. The third kappa shape index (κ3) is 5.88. The van der Waals surface area contributed by atoms with E-state index < -0.39 is 16.6 Å². The first-order valence-corrected chi connectivity index (χ1v) is 8.28. The SMILES string of the molecule is O=S(=O)(C=Cc1ccc(Cl)cc1)Nc1ccc(OC(F)F)cc1. The molecule has 2 aromatic rings. The number of nitrogens with one attached hydrogen (secondary N) is 1. The second kappa shape index (κ2) is 7.43. The highest BCUT2D eigenvalue weighted by Gasteiger charge is 2.07. The van der Waals surface area contributed by atoms with Crippen LogP contribution >= 0.6 is 11.6 Å². The monoisotopic (exact) mass is 359 g/mol. The van der Waals surface area contributed by atoms with E-state index in [9.17, 15) is 17.2 Å². The second-order valence-electron chi connectivity index (χ2n) is 4.40. The number of anilines is 1. The molecule has 0 aromatic heterocycles. The first kappa shape index (κ1) is 17.2. The molecule has 0 aliphatic heterocycles. The number of benzene rings is 2. The number of alkyl halides is 2. The Morgan fingerprint density at radius 1 is 1.04 bits per heavy atom. The minimum Gasteiger partial charge on any atom is -0.435 e. The summed E-state index contributed by atoms with van der Waals surface area (Å²) in [6, 6.07) is 11.8. The van der Waals surface area contributed by atoms with Gasteiger partial charge < -0.3 is 4.74 Å². The van der Waals surface area contributed by atoms with Crippen molar-refractivity contribution in [1.82, 2.24) is 0 Å². The number of hydrogen-bond acceptors (Lipinski definition) is 3. The molecule has 23 heavy (non-hydrogen) atoms. The van der Waals surface area contributed by atoms with Crippen molar-refractivity contribution < 1.29 is 21.9 Å². The molecule has 0 saturated heterocycles. The number of halogens is 3. The van der Waals surface area contributed by atoms with Crippen molar-refractivity contribution in [2.45, 2.75) is 6.61 Å². The molecule has 122 valence electrons. The van der Waals surface area contributed by atoms with Crippen LogP contribution < -0.4 is 9.46 Å². The minimum absolute atomic E-state index is 0.0559. The van der Waals surface area contributed by atoms with E-state index >= 15 is 0 Å². The molecule has 0 amide bonds. The molecule has 0 unspecified atom stereocenters. The van der Waals surface area contributed by atoms with Gasteiger partial charge in [-0.2, -0.15) is 8.78 Å². The van der Waals surface area contributed by atoms with Crippen LogP contribution in [0.5, 0.6) is 5.75 Å². The Hall–Kier alpha value is -2.12. The Bertz CT molecular complexity index is 775. The van der Waals surface area contributed by atoms with Crippen LogP contribution in [0.25, 0.3) is 6.08 Å². The lowest BCUT2D eigenvalue weighted by Gasteiger charge is -2.07. The summed E-state index contributed by atoms with van der Waals surface area (Å²) in [4.78, 5) is 0. The Balaban J connectivity index is 2.04. The number of sulfonamides is 1. The van der Waals surface area contributed by atoms with Crippen molar-refractivity contribution in [3.8, 4) is 5.75 Å². The van der Waals surface area contributed by atoms with Crippen LogP contribution in [0.1, 0.15) is 5.56 Å². The van der Waals surface area contributed by atoms with Crippen LogP contribution in [-0.2, 0) is 10.0 Å². The standard InChI is InChI=1S/C15H12ClF2NO3S/c16-12-3-1-11(2-4-12)9-10-23(20,21)19-13-5-7-14(8-6-13)22-15(17)18/h1-10,15,19H. The third-order valence-corrected chi connectivity index (χ3v) is 3.92. The van der Waals surface area contributed by atoms with Gasteiger partial charge in [0.2, 0.25) is 0 Å². The van der Waals surface area contributed by atoms with Gasteiger partial charge in [0, 0.05) is 10.7 Å². The molecular weight excluding hydrogens is 348 g/mol. The van der Waals surface area contributed by atoms with Crippen molar-refractivity contribution in [1.29, 1.82) is 0 Å². The molecule has 0 fully saturated rings. The van der Waals surface area contributed by atoms with Crippen molar-refractivity contribution in [2.75, 3.05) is 4.72 Å². The summed E-state index contributed by atoms with van der Waals surface area (Å²) in [5.41, 5.74) is 0.896. The summed E-state index contributed by atoms with van der Waals surface area (Å²) in [7, 11) is -3.73. The minimum atomic E-state index is -3.73. The second-order valence-corrected chi connectivity index (χ2v) is 6.41. The third-order valence-electron chi connectivity index (χ3n) is 2.65. The van der Waals surface area contributed by atoms with Gasteiger partial charge in [0.1, 0.15) is 5.75 Å². The fourth-order valence-electron chi connectivity index (χ4n) is 1.64. The van der Waals surface area contributed by atoms with Gasteiger partial charge >= 0.3 is 6.61 Å². The zero-order valence-electron chi connectivity index (χ0n) is 11.6. The molecule has 0 atom stereocenters. The molecule has 2 aromatic carbocycles. The first-order valence-electron chi connectivity index (χ1n) is 6.35. The summed E-state index contributed by atoms with van der Waals surface area (Å²) < 4.78 is 54.4. The maximum Gasteiger partial charge on any atom is 0.387 e. The Morgan fingerprint density at radius 2 is 1.65 bits per heavy atom. The number of rotatable bonds is 6. The van der Waals surface area contributed by atoms with Crippen LogP contribution in [0.3, 0.4) is 0 Å². The van der Waals surface area contributed by atoms with E-state index in [0.717, 1.165) is 5.41 Å². The van der Waals surface area contributed by atoms with Crippen LogP contribution in [0.2, 0.25) is 5.02 Å². The predicted molar refractivity (Wildman–Crippen MR) is 86.1 cm³/mol. The van der Waals surface area contributed by atoms with E-state index in [1.54, 1.807) is 24.3 Å². The lowest BCUT2D eigenvalue weighted by atomic mass is 10.2. The van der Waals surface area contributed by atoms with Crippen LogP contribution in [0, 0.1) is 0 Å². The maximum atomic E-state index is 12.0. The maximum absolute atomic E-state index is 12.0. The number of hydrogen-bond donors (Lipinski definition) is 1. The van der Waals surface area contributed by atoms with Crippen LogP contribution in [-0.4, -0.2) is 15.0 Å². The van der Waals surface area contributed by atoms with Crippen molar-refractivity contribution >= 4 is 33.4 Å². The molecule has 4 nitrogen and oxygen atoms in total. The summed E-state index contributed by atoms with van der Waals surface area (Å²) in [6.07, 6.45) is 1.41. The smallest absolute Gasteiger partial charge is 0.387 e. The van der Waals surface area contributed by atoms with E-state index in [1.165, 1.54) is 30.3 Å². The fourth-order valence-corrected chi connectivity index (χ4v) is 2.64. The topological polar surface area (TPSA) is 55.4 Å². The van der Waals surface area contributed by atoms with E-state index in [-0.39, 0.29) is 11.4 Å². The molecule has 0 spiro atoms. The van der Waals surface area contributed by atoms with Crippen molar-refractivity contribution in [3.63, 3.8) is 0 Å². The molecule has 2 rings (SSSR count). The van der Waals surface area contributed by atoms with Gasteiger partial charge in [-0.25, -0.2) is 8.42 Å². The van der Waals surface area contributed by atoms with E-state index in [0.29, 0.717) is 10.6 Å². The normalized spacial score (nSPS) is 11.8. The fraction of sp³-hybridized carbons (Fsp3) is 0.0667. The van der Waals surface area contributed by atoms with Crippen LogP contribution in [0.4, 0.5) is 14.5 Å². The van der Waals surface area contributed by atoms with Gasteiger partial charge in [-0.15, -0.1) is 0 Å². The molecule has 8 heteroatoms. The molecule has 0 radical (unpaired) electrons. The van der Waals surface area contributed by atoms with E-state index in [1.807, 2.05) is 0 Å². The largest absolute Gasteiger partial charge is 0.435 e. The van der Waals surface area contributed by atoms with Gasteiger partial charge in [0.25, 0.3) is 10.0 Å². The lowest BCUT2D eigenvalue weighted by molar-refractivity contribution is -0.0498. The lowest BCUT2D eigenvalue weighted by Crippen LogP contribution is -2.09. The highest BCUT2D eigenvalue weighted by Crippen LogP contribution is 2.19. The summed E-state index contributed by atoms with van der Waals surface area (Å²) in [5.74, 6) is -0.0559. The Kier molecular flexibility index (Phi) is 5.57.